The fourth-order valence-corrected chi connectivity index (χ4v) is 2.21. The topological polar surface area (TPSA) is 50.4 Å². The van der Waals surface area contributed by atoms with Crippen LogP contribution in [0.4, 0.5) is 11.4 Å². The maximum Gasteiger partial charge on any atom is 0.226 e. The summed E-state index contributed by atoms with van der Waals surface area (Å²) in [5.74, 6) is 0.658. The third-order valence-corrected chi connectivity index (χ3v) is 3.70. The summed E-state index contributed by atoms with van der Waals surface area (Å²) >= 11 is 6.06. The number of rotatable bonds is 6. The van der Waals surface area contributed by atoms with E-state index >= 15 is 0 Å². The molecule has 4 nitrogen and oxygen atoms in total. The number of anilines is 2. The van der Waals surface area contributed by atoms with Gasteiger partial charge in [-0.05, 0) is 36.8 Å². The van der Waals surface area contributed by atoms with Crippen LogP contribution in [0.15, 0.2) is 42.5 Å². The Kier molecular flexibility index (Phi) is 5.67. The highest BCUT2D eigenvalue weighted by atomic mass is 35.5. The molecule has 1 amide bonds. The molecule has 0 atom stereocenters. The molecule has 0 saturated carbocycles. The van der Waals surface area contributed by atoms with E-state index in [1.54, 1.807) is 13.2 Å². The summed E-state index contributed by atoms with van der Waals surface area (Å²) in [6.45, 7) is 2.48. The number of halogens is 1. The van der Waals surface area contributed by atoms with E-state index in [9.17, 15) is 4.79 Å². The summed E-state index contributed by atoms with van der Waals surface area (Å²) in [6, 6.07) is 13.0. The predicted molar refractivity (Wildman–Crippen MR) is 90.9 cm³/mol. The summed E-state index contributed by atoms with van der Waals surface area (Å²) in [4.78, 5) is 11.9. The van der Waals surface area contributed by atoms with E-state index in [4.69, 9.17) is 16.3 Å². The molecule has 0 bridgehead atoms. The van der Waals surface area contributed by atoms with Crippen LogP contribution in [-0.2, 0) is 4.79 Å². The minimum Gasteiger partial charge on any atom is -0.497 e. The number of hydrogen-bond donors (Lipinski definition) is 2. The average Bonchev–Trinajstić information content (AvgIpc) is 2.51. The molecule has 0 spiro atoms. The number of nitrogens with one attached hydrogen (secondary N) is 2. The minimum absolute atomic E-state index is 0.0552. The van der Waals surface area contributed by atoms with E-state index in [1.165, 1.54) is 0 Å². The lowest BCUT2D eigenvalue weighted by atomic mass is 10.2. The number of amides is 1. The predicted octanol–water partition coefficient (Wildman–Crippen LogP) is 4.10. The zero-order valence-corrected chi connectivity index (χ0v) is 13.4. The van der Waals surface area contributed by atoms with Gasteiger partial charge in [0.15, 0.2) is 0 Å². The average molecular weight is 319 g/mol. The van der Waals surface area contributed by atoms with Gasteiger partial charge >= 0.3 is 0 Å². The van der Waals surface area contributed by atoms with Crippen LogP contribution in [0.3, 0.4) is 0 Å². The van der Waals surface area contributed by atoms with Gasteiger partial charge in [-0.3, -0.25) is 4.79 Å². The first-order valence-electron chi connectivity index (χ1n) is 7.03. The first-order valence-corrected chi connectivity index (χ1v) is 7.41. The van der Waals surface area contributed by atoms with Gasteiger partial charge in [0, 0.05) is 35.4 Å². The number of carbonyl (C=O) groups excluding carboxylic acids is 1. The molecule has 116 valence electrons. The molecule has 0 heterocycles. The molecule has 2 aromatic carbocycles. The smallest absolute Gasteiger partial charge is 0.226 e. The van der Waals surface area contributed by atoms with E-state index < -0.39 is 0 Å². The van der Waals surface area contributed by atoms with Crippen LogP contribution in [0.25, 0.3) is 0 Å². The highest BCUT2D eigenvalue weighted by Crippen LogP contribution is 2.22. The largest absolute Gasteiger partial charge is 0.497 e. The van der Waals surface area contributed by atoms with Crippen LogP contribution in [-0.4, -0.2) is 19.6 Å². The second-order valence-corrected chi connectivity index (χ2v) is 5.28. The Hall–Kier alpha value is -2.20. The van der Waals surface area contributed by atoms with Crippen LogP contribution in [0.1, 0.15) is 12.0 Å². The number of hydrogen-bond acceptors (Lipinski definition) is 3. The van der Waals surface area contributed by atoms with Crippen molar-refractivity contribution in [2.24, 2.45) is 0 Å². The molecule has 0 fully saturated rings. The Bertz CT molecular complexity index is 659. The molecule has 2 N–H and O–H groups in total. The van der Waals surface area contributed by atoms with Crippen molar-refractivity contribution < 1.29 is 9.53 Å². The van der Waals surface area contributed by atoms with Gasteiger partial charge < -0.3 is 15.4 Å². The van der Waals surface area contributed by atoms with Crippen LogP contribution in [0.5, 0.6) is 5.75 Å². The molecular weight excluding hydrogens is 300 g/mol. The Morgan fingerprint density at radius 1 is 1.23 bits per heavy atom. The van der Waals surface area contributed by atoms with E-state index in [1.807, 2.05) is 43.3 Å². The van der Waals surface area contributed by atoms with Gasteiger partial charge in [-0.2, -0.15) is 0 Å². The highest BCUT2D eigenvalue weighted by molar-refractivity contribution is 6.31. The lowest BCUT2D eigenvalue weighted by molar-refractivity contribution is -0.115. The SMILES string of the molecule is COc1cccc(NC(=O)CCNc2cccc(Cl)c2C)c1. The van der Waals surface area contributed by atoms with Crippen LogP contribution < -0.4 is 15.4 Å². The zero-order valence-electron chi connectivity index (χ0n) is 12.7. The summed E-state index contributed by atoms with van der Waals surface area (Å²) in [5, 5.41) is 6.78. The van der Waals surface area contributed by atoms with Gasteiger partial charge in [-0.1, -0.05) is 23.7 Å². The fraction of sp³-hybridized carbons (Fsp3) is 0.235. The minimum atomic E-state index is -0.0552. The van der Waals surface area contributed by atoms with Crippen LogP contribution in [0.2, 0.25) is 5.02 Å². The van der Waals surface area contributed by atoms with Crippen LogP contribution in [0, 0.1) is 6.92 Å². The van der Waals surface area contributed by atoms with Gasteiger partial charge in [-0.15, -0.1) is 0 Å². The van der Waals surface area contributed by atoms with Gasteiger partial charge in [0.1, 0.15) is 5.75 Å². The van der Waals surface area contributed by atoms with Gasteiger partial charge in [0.05, 0.1) is 7.11 Å². The van der Waals surface area contributed by atoms with Crippen molar-refractivity contribution in [2.45, 2.75) is 13.3 Å². The summed E-state index contributed by atoms with van der Waals surface area (Å²) in [7, 11) is 1.60. The Morgan fingerprint density at radius 2 is 2.00 bits per heavy atom. The second-order valence-electron chi connectivity index (χ2n) is 4.87. The molecule has 0 aliphatic rings. The molecule has 2 aromatic rings. The highest BCUT2D eigenvalue weighted by Gasteiger charge is 2.05. The van der Waals surface area contributed by atoms with E-state index in [0.29, 0.717) is 23.7 Å². The molecule has 0 radical (unpaired) electrons. The van der Waals surface area contributed by atoms with Crippen molar-refractivity contribution in [1.29, 1.82) is 0 Å². The third kappa shape index (κ3) is 4.40. The quantitative estimate of drug-likeness (QED) is 0.843. The third-order valence-electron chi connectivity index (χ3n) is 3.29. The van der Waals surface area contributed by atoms with E-state index in [0.717, 1.165) is 16.9 Å². The molecule has 2 rings (SSSR count). The van der Waals surface area contributed by atoms with Gasteiger partial charge in [0.2, 0.25) is 5.91 Å². The normalized spacial score (nSPS) is 10.1. The lowest BCUT2D eigenvalue weighted by Gasteiger charge is -2.11. The number of ether oxygens (including phenoxy) is 1. The fourth-order valence-electron chi connectivity index (χ4n) is 2.03. The molecule has 22 heavy (non-hydrogen) atoms. The molecule has 0 aliphatic carbocycles. The maximum absolute atomic E-state index is 11.9. The molecule has 0 aromatic heterocycles. The monoisotopic (exact) mass is 318 g/mol. The molecule has 5 heteroatoms. The number of carbonyl (C=O) groups is 1. The molecule has 0 saturated heterocycles. The second kappa shape index (κ2) is 7.71. The summed E-state index contributed by atoms with van der Waals surface area (Å²) < 4.78 is 5.12. The van der Waals surface area contributed by atoms with Crippen LogP contribution >= 0.6 is 11.6 Å². The van der Waals surface area contributed by atoms with Crippen molar-refractivity contribution >= 4 is 28.9 Å². The van der Waals surface area contributed by atoms with Crippen molar-refractivity contribution in [2.75, 3.05) is 24.3 Å². The molecular formula is C17H19ClN2O2. The standard InChI is InChI=1S/C17H19ClN2O2/c1-12-15(18)7-4-8-16(12)19-10-9-17(21)20-13-5-3-6-14(11-13)22-2/h3-8,11,19H,9-10H2,1-2H3,(H,20,21). The molecule has 0 unspecified atom stereocenters. The lowest BCUT2D eigenvalue weighted by Crippen LogP contribution is -2.16. The van der Waals surface area contributed by atoms with Gasteiger partial charge in [0.25, 0.3) is 0 Å². The summed E-state index contributed by atoms with van der Waals surface area (Å²) in [6.07, 6.45) is 0.364. The van der Waals surface area contributed by atoms with Crippen molar-refractivity contribution in [3.63, 3.8) is 0 Å². The Morgan fingerprint density at radius 3 is 2.77 bits per heavy atom. The van der Waals surface area contributed by atoms with E-state index in [2.05, 4.69) is 10.6 Å². The zero-order chi connectivity index (χ0) is 15.9. The Labute approximate surface area is 135 Å². The van der Waals surface area contributed by atoms with Gasteiger partial charge in [-0.25, -0.2) is 0 Å². The van der Waals surface area contributed by atoms with Crippen molar-refractivity contribution in [3.05, 3.63) is 53.1 Å². The molecule has 0 aliphatic heterocycles. The summed E-state index contributed by atoms with van der Waals surface area (Å²) in [5.41, 5.74) is 2.65. The Balaban J connectivity index is 1.84. The maximum atomic E-state index is 11.9. The number of methoxy groups -OCH3 is 1. The first-order chi connectivity index (χ1) is 10.6. The number of benzene rings is 2. The van der Waals surface area contributed by atoms with Crippen molar-refractivity contribution in [3.8, 4) is 5.75 Å². The van der Waals surface area contributed by atoms with Crippen molar-refractivity contribution in [1.82, 2.24) is 0 Å². The first kappa shape index (κ1) is 16.2. The van der Waals surface area contributed by atoms with E-state index in [-0.39, 0.29) is 5.91 Å².